The third-order valence-electron chi connectivity index (χ3n) is 10.1. The minimum Gasteiger partial charge on any atom is -0.508 e. The second-order valence-corrected chi connectivity index (χ2v) is 12.6. The number of aryl methyl sites for hydroxylation is 1. The summed E-state index contributed by atoms with van der Waals surface area (Å²) < 4.78 is 0. The molecule has 6 atom stereocenters. The number of hydrazine groups is 1. The summed E-state index contributed by atoms with van der Waals surface area (Å²) >= 11 is 6.87. The SMILES string of the molecule is CCN1C(=O)[C@H]2[C@H](CC=C3[C@H]2C[C@H]2C(=O)N(Nc4ccc(C)cc4)C(=O)[C@@]2(c2ccccc2)[C@H]3c2ccc(O)cc2Cl)C1=O. The maximum atomic E-state index is 15.0. The summed E-state index contributed by atoms with van der Waals surface area (Å²) in [5.41, 5.74) is 5.38. The van der Waals surface area contributed by atoms with E-state index in [0.29, 0.717) is 23.2 Å². The molecule has 0 bridgehead atoms. The first-order valence-corrected chi connectivity index (χ1v) is 15.4. The van der Waals surface area contributed by atoms with Crippen LogP contribution < -0.4 is 5.43 Å². The molecule has 3 aromatic rings. The van der Waals surface area contributed by atoms with Gasteiger partial charge in [0.25, 0.3) is 11.8 Å². The summed E-state index contributed by atoms with van der Waals surface area (Å²) in [5.74, 6) is -4.44. The van der Waals surface area contributed by atoms with Crippen molar-refractivity contribution in [2.24, 2.45) is 23.7 Å². The lowest BCUT2D eigenvalue weighted by molar-refractivity contribution is -0.141. The van der Waals surface area contributed by atoms with Gasteiger partial charge in [-0.05, 0) is 68.0 Å². The van der Waals surface area contributed by atoms with Gasteiger partial charge in [0.2, 0.25) is 11.8 Å². The van der Waals surface area contributed by atoms with Crippen LogP contribution in [-0.2, 0) is 24.6 Å². The summed E-state index contributed by atoms with van der Waals surface area (Å²) in [6.45, 7) is 4.02. The summed E-state index contributed by atoms with van der Waals surface area (Å²) in [7, 11) is 0. The fourth-order valence-electron chi connectivity index (χ4n) is 8.22. The number of halogens is 1. The Balaban J connectivity index is 1.47. The van der Waals surface area contributed by atoms with Crippen LogP contribution in [0, 0.1) is 30.6 Å². The lowest BCUT2D eigenvalue weighted by Gasteiger charge is -2.50. The number of carbonyl (C=O) groups excluding carboxylic acids is 4. The summed E-state index contributed by atoms with van der Waals surface area (Å²) in [6.07, 6.45) is 2.58. The largest absolute Gasteiger partial charge is 0.508 e. The van der Waals surface area contributed by atoms with Gasteiger partial charge in [-0.2, -0.15) is 5.01 Å². The number of amides is 4. The molecule has 224 valence electrons. The summed E-state index contributed by atoms with van der Waals surface area (Å²) in [6, 6.07) is 21.4. The Morgan fingerprint density at radius 3 is 2.34 bits per heavy atom. The smallest absolute Gasteiger partial charge is 0.260 e. The molecule has 1 saturated carbocycles. The van der Waals surface area contributed by atoms with Crippen LogP contribution in [0.25, 0.3) is 0 Å². The van der Waals surface area contributed by atoms with Crippen molar-refractivity contribution >= 4 is 40.9 Å². The number of hydrogen-bond donors (Lipinski definition) is 2. The van der Waals surface area contributed by atoms with E-state index in [1.165, 1.54) is 17.0 Å². The molecule has 2 N–H and O–H groups in total. The van der Waals surface area contributed by atoms with E-state index in [1.807, 2.05) is 67.6 Å². The Bertz CT molecular complexity index is 1740. The average molecular weight is 610 g/mol. The standard InChI is InChI=1S/C35H32ClN3O5/c1-3-38-31(41)25-16-15-23-26(29(25)33(38)43)18-27-32(42)39(37-21-11-9-19(2)10-12-21)34(44)35(27,20-7-5-4-6-8-20)30(23)24-14-13-22(40)17-28(24)36/h4-15,17,25-27,29-30,37,40H,3,16,18H2,1-2H3/t25-,26+,27-,29-,30+,35+/m0/s1. The molecule has 2 heterocycles. The van der Waals surface area contributed by atoms with E-state index in [2.05, 4.69) is 5.43 Å². The van der Waals surface area contributed by atoms with Gasteiger partial charge in [0, 0.05) is 17.5 Å². The second kappa shape index (κ2) is 10.3. The fourth-order valence-corrected chi connectivity index (χ4v) is 8.50. The van der Waals surface area contributed by atoms with Crippen LogP contribution in [-0.4, -0.2) is 45.2 Å². The van der Waals surface area contributed by atoms with E-state index in [1.54, 1.807) is 13.0 Å². The number of phenols is 1. The van der Waals surface area contributed by atoms with E-state index >= 15 is 4.79 Å². The molecule has 2 aliphatic carbocycles. The lowest BCUT2D eigenvalue weighted by Crippen LogP contribution is -2.53. The molecule has 3 fully saturated rings. The number of phenolic OH excluding ortho intramolecular Hbond substituents is 1. The number of anilines is 1. The van der Waals surface area contributed by atoms with E-state index in [4.69, 9.17) is 11.6 Å². The maximum Gasteiger partial charge on any atom is 0.260 e. The van der Waals surface area contributed by atoms with Crippen molar-refractivity contribution in [2.45, 2.75) is 38.0 Å². The van der Waals surface area contributed by atoms with E-state index in [-0.39, 0.29) is 35.6 Å². The molecular weight excluding hydrogens is 578 g/mol. The van der Waals surface area contributed by atoms with Crippen LogP contribution in [0.1, 0.15) is 42.4 Å². The van der Waals surface area contributed by atoms with Gasteiger partial charge >= 0.3 is 0 Å². The maximum absolute atomic E-state index is 15.0. The molecule has 0 aromatic heterocycles. The number of fused-ring (bicyclic) bond motifs is 4. The molecule has 44 heavy (non-hydrogen) atoms. The molecule has 7 rings (SSSR count). The molecule has 4 aliphatic rings. The number of hydrogen-bond acceptors (Lipinski definition) is 6. The molecular formula is C35H32ClN3O5. The van der Waals surface area contributed by atoms with Gasteiger partial charge in [-0.3, -0.25) is 29.5 Å². The van der Waals surface area contributed by atoms with Gasteiger partial charge < -0.3 is 5.11 Å². The van der Waals surface area contributed by atoms with Crippen LogP contribution in [0.15, 0.2) is 84.4 Å². The van der Waals surface area contributed by atoms with E-state index < -0.39 is 46.8 Å². The molecule has 8 nitrogen and oxygen atoms in total. The number of carbonyl (C=O) groups is 4. The first-order chi connectivity index (χ1) is 21.2. The van der Waals surface area contributed by atoms with Crippen LogP contribution >= 0.6 is 11.6 Å². The molecule has 2 aliphatic heterocycles. The Hall–Kier alpha value is -4.43. The summed E-state index contributed by atoms with van der Waals surface area (Å²) in [5, 5.41) is 11.6. The predicted molar refractivity (Wildman–Crippen MR) is 164 cm³/mol. The highest BCUT2D eigenvalue weighted by atomic mass is 35.5. The highest BCUT2D eigenvalue weighted by Crippen LogP contribution is 2.64. The first kappa shape index (κ1) is 28.3. The fraction of sp³-hybridized carbons (Fsp3) is 0.314. The van der Waals surface area contributed by atoms with Crippen molar-refractivity contribution in [2.75, 3.05) is 12.0 Å². The molecule has 4 amide bonds. The van der Waals surface area contributed by atoms with Crippen molar-refractivity contribution in [3.63, 3.8) is 0 Å². The second-order valence-electron chi connectivity index (χ2n) is 12.2. The van der Waals surface area contributed by atoms with Gasteiger partial charge in [0.1, 0.15) is 5.75 Å². The Kier molecular flexibility index (Phi) is 6.66. The number of aromatic hydroxyl groups is 1. The van der Waals surface area contributed by atoms with Crippen LogP contribution in [0.3, 0.4) is 0 Å². The molecule has 0 spiro atoms. The third kappa shape index (κ3) is 3.90. The van der Waals surface area contributed by atoms with Crippen LogP contribution in [0.2, 0.25) is 5.02 Å². The Morgan fingerprint density at radius 1 is 0.932 bits per heavy atom. The minimum absolute atomic E-state index is 0.0271. The van der Waals surface area contributed by atoms with Gasteiger partial charge in [-0.15, -0.1) is 0 Å². The lowest BCUT2D eigenvalue weighted by atomic mass is 9.49. The Labute approximate surface area is 260 Å². The number of likely N-dealkylation sites (tertiary alicyclic amines) is 1. The van der Waals surface area contributed by atoms with Crippen molar-refractivity contribution in [3.8, 4) is 5.75 Å². The van der Waals surface area contributed by atoms with Gasteiger partial charge in [0.15, 0.2) is 0 Å². The number of benzene rings is 3. The van der Waals surface area contributed by atoms with Crippen molar-refractivity contribution < 1.29 is 24.3 Å². The normalized spacial score (nSPS) is 29.3. The first-order valence-electron chi connectivity index (χ1n) is 15.0. The van der Waals surface area contributed by atoms with Gasteiger partial charge in [-0.1, -0.05) is 77.3 Å². The third-order valence-corrected chi connectivity index (χ3v) is 10.4. The highest BCUT2D eigenvalue weighted by Gasteiger charge is 2.70. The molecule has 3 aromatic carbocycles. The van der Waals surface area contributed by atoms with Crippen LogP contribution in [0.4, 0.5) is 5.69 Å². The molecule has 0 radical (unpaired) electrons. The number of imide groups is 2. The van der Waals surface area contributed by atoms with Crippen molar-refractivity contribution in [1.29, 1.82) is 0 Å². The zero-order valence-electron chi connectivity index (χ0n) is 24.4. The zero-order chi connectivity index (χ0) is 30.9. The van der Waals surface area contributed by atoms with Gasteiger partial charge in [-0.25, -0.2) is 0 Å². The number of allylic oxidation sites excluding steroid dienone is 2. The monoisotopic (exact) mass is 609 g/mol. The summed E-state index contributed by atoms with van der Waals surface area (Å²) in [4.78, 5) is 57.9. The number of nitrogens with one attached hydrogen (secondary N) is 1. The molecule has 2 saturated heterocycles. The van der Waals surface area contributed by atoms with Crippen LogP contribution in [0.5, 0.6) is 5.75 Å². The minimum atomic E-state index is -1.40. The topological polar surface area (TPSA) is 107 Å². The molecule has 9 heteroatoms. The van der Waals surface area contributed by atoms with E-state index in [9.17, 15) is 19.5 Å². The van der Waals surface area contributed by atoms with E-state index in [0.717, 1.165) is 16.1 Å². The van der Waals surface area contributed by atoms with Gasteiger partial charge in [0.05, 0.1) is 28.9 Å². The average Bonchev–Trinajstić information content (AvgIpc) is 3.39. The Morgan fingerprint density at radius 2 is 1.66 bits per heavy atom. The number of nitrogens with zero attached hydrogens (tertiary/aromatic N) is 2. The zero-order valence-corrected chi connectivity index (χ0v) is 25.1. The predicted octanol–water partition coefficient (Wildman–Crippen LogP) is 5.36. The highest BCUT2D eigenvalue weighted by molar-refractivity contribution is 6.31. The molecule has 0 unspecified atom stereocenters. The van der Waals surface area contributed by atoms with Crippen molar-refractivity contribution in [3.05, 3.63) is 106 Å². The quantitative estimate of drug-likeness (QED) is 0.298. The van der Waals surface area contributed by atoms with Crippen molar-refractivity contribution in [1.82, 2.24) is 9.91 Å². The number of rotatable bonds is 5.